The Hall–Kier alpha value is -2.90. The van der Waals surface area contributed by atoms with Crippen molar-refractivity contribution >= 4 is 29.3 Å². The Labute approximate surface area is 158 Å². The zero-order valence-corrected chi connectivity index (χ0v) is 15.6. The van der Waals surface area contributed by atoms with Gasteiger partial charge in [-0.1, -0.05) is 6.07 Å². The highest BCUT2D eigenvalue weighted by atomic mass is 16.2. The molecule has 0 aliphatic carbocycles. The number of hydrogen-bond acceptors (Lipinski definition) is 4. The standard InChI is InChI=1S/C19H24N4O4/c1-13(24)22-10-9-21(12-16(22)18(26)20-2)19(27)14-5-3-6-15(11-14)23-8-4-7-17(23)25/h3,5-6,11,16H,4,7-10,12H2,1-2H3,(H,20,26). The van der Waals surface area contributed by atoms with E-state index in [1.165, 1.54) is 18.9 Å². The Bertz CT molecular complexity index is 779. The van der Waals surface area contributed by atoms with E-state index >= 15 is 0 Å². The van der Waals surface area contributed by atoms with E-state index in [0.717, 1.165) is 6.42 Å². The third kappa shape index (κ3) is 3.79. The van der Waals surface area contributed by atoms with Crippen LogP contribution >= 0.6 is 0 Å². The molecule has 1 unspecified atom stereocenters. The fourth-order valence-electron chi connectivity index (χ4n) is 3.65. The monoisotopic (exact) mass is 372 g/mol. The van der Waals surface area contributed by atoms with E-state index < -0.39 is 6.04 Å². The molecule has 1 aromatic rings. The van der Waals surface area contributed by atoms with Gasteiger partial charge in [0.1, 0.15) is 6.04 Å². The molecule has 27 heavy (non-hydrogen) atoms. The summed E-state index contributed by atoms with van der Waals surface area (Å²) in [6, 6.07) is 6.31. The maximum atomic E-state index is 13.0. The van der Waals surface area contributed by atoms with Crippen LogP contribution in [0.25, 0.3) is 0 Å². The van der Waals surface area contributed by atoms with Gasteiger partial charge < -0.3 is 20.0 Å². The summed E-state index contributed by atoms with van der Waals surface area (Å²) in [6.45, 7) is 2.89. The Kier molecular flexibility index (Phi) is 5.43. The van der Waals surface area contributed by atoms with Crippen molar-refractivity contribution in [2.24, 2.45) is 0 Å². The third-order valence-corrected chi connectivity index (χ3v) is 5.10. The largest absolute Gasteiger partial charge is 0.357 e. The van der Waals surface area contributed by atoms with Crippen LogP contribution in [0.5, 0.6) is 0 Å². The summed E-state index contributed by atoms with van der Waals surface area (Å²) in [5.41, 5.74) is 1.19. The molecule has 3 rings (SSSR count). The minimum Gasteiger partial charge on any atom is -0.357 e. The number of amides is 4. The predicted molar refractivity (Wildman–Crippen MR) is 99.2 cm³/mol. The highest BCUT2D eigenvalue weighted by Gasteiger charge is 2.35. The number of nitrogens with zero attached hydrogens (tertiary/aromatic N) is 3. The molecule has 2 fully saturated rings. The smallest absolute Gasteiger partial charge is 0.254 e. The number of benzene rings is 1. The van der Waals surface area contributed by atoms with Crippen LogP contribution < -0.4 is 10.2 Å². The summed E-state index contributed by atoms with van der Waals surface area (Å²) in [5, 5.41) is 2.55. The molecule has 0 saturated carbocycles. The zero-order valence-electron chi connectivity index (χ0n) is 15.6. The van der Waals surface area contributed by atoms with Crippen molar-refractivity contribution < 1.29 is 19.2 Å². The first-order valence-corrected chi connectivity index (χ1v) is 9.11. The van der Waals surface area contributed by atoms with Gasteiger partial charge in [0.25, 0.3) is 5.91 Å². The van der Waals surface area contributed by atoms with Crippen LogP contribution in [0.3, 0.4) is 0 Å². The summed E-state index contributed by atoms with van der Waals surface area (Å²) in [7, 11) is 1.51. The number of likely N-dealkylation sites (N-methyl/N-ethyl adjacent to an activating group) is 1. The normalized spacial score (nSPS) is 20.0. The van der Waals surface area contributed by atoms with E-state index in [9.17, 15) is 19.2 Å². The van der Waals surface area contributed by atoms with Crippen LogP contribution in [0.1, 0.15) is 30.1 Å². The first kappa shape index (κ1) is 18.9. The number of hydrogen-bond donors (Lipinski definition) is 1. The highest BCUT2D eigenvalue weighted by molar-refractivity contribution is 5.99. The van der Waals surface area contributed by atoms with Gasteiger partial charge in [0.2, 0.25) is 17.7 Å². The van der Waals surface area contributed by atoms with Crippen LogP contribution in [0.15, 0.2) is 24.3 Å². The van der Waals surface area contributed by atoms with Gasteiger partial charge in [0, 0.05) is 51.3 Å². The quantitative estimate of drug-likeness (QED) is 0.823. The van der Waals surface area contributed by atoms with Gasteiger partial charge in [0.15, 0.2) is 0 Å². The molecule has 2 heterocycles. The molecular weight excluding hydrogens is 348 g/mol. The Balaban J connectivity index is 1.78. The molecule has 2 aliphatic heterocycles. The van der Waals surface area contributed by atoms with Crippen molar-refractivity contribution in [2.75, 3.05) is 38.1 Å². The molecule has 1 N–H and O–H groups in total. The first-order valence-electron chi connectivity index (χ1n) is 9.11. The van der Waals surface area contributed by atoms with Crippen molar-refractivity contribution in [1.29, 1.82) is 0 Å². The lowest BCUT2D eigenvalue weighted by Gasteiger charge is -2.40. The third-order valence-electron chi connectivity index (χ3n) is 5.10. The second-order valence-corrected chi connectivity index (χ2v) is 6.79. The summed E-state index contributed by atoms with van der Waals surface area (Å²) >= 11 is 0. The summed E-state index contributed by atoms with van der Waals surface area (Å²) in [6.07, 6.45) is 1.34. The fraction of sp³-hybridized carbons (Fsp3) is 0.474. The number of nitrogens with one attached hydrogen (secondary N) is 1. The van der Waals surface area contributed by atoms with Gasteiger partial charge in [-0.3, -0.25) is 19.2 Å². The number of carbonyl (C=O) groups is 4. The summed E-state index contributed by atoms with van der Waals surface area (Å²) in [4.78, 5) is 53.7. The number of piperazine rings is 1. The number of carbonyl (C=O) groups excluding carboxylic acids is 4. The average molecular weight is 372 g/mol. The molecule has 0 radical (unpaired) electrons. The van der Waals surface area contributed by atoms with Gasteiger partial charge in [-0.15, -0.1) is 0 Å². The average Bonchev–Trinajstić information content (AvgIpc) is 3.12. The van der Waals surface area contributed by atoms with Crippen molar-refractivity contribution in [3.05, 3.63) is 29.8 Å². The van der Waals surface area contributed by atoms with Crippen molar-refractivity contribution in [1.82, 2.24) is 15.1 Å². The van der Waals surface area contributed by atoms with Crippen LogP contribution in [0, 0.1) is 0 Å². The van der Waals surface area contributed by atoms with E-state index in [1.54, 1.807) is 28.0 Å². The van der Waals surface area contributed by atoms with Crippen LogP contribution in [-0.4, -0.2) is 72.7 Å². The van der Waals surface area contributed by atoms with Crippen LogP contribution in [0.2, 0.25) is 0 Å². The van der Waals surface area contributed by atoms with Gasteiger partial charge in [-0.25, -0.2) is 0 Å². The van der Waals surface area contributed by atoms with Crippen molar-refractivity contribution in [2.45, 2.75) is 25.8 Å². The van der Waals surface area contributed by atoms with E-state index in [1.807, 2.05) is 6.07 Å². The molecule has 4 amide bonds. The first-order chi connectivity index (χ1) is 12.9. The lowest BCUT2D eigenvalue weighted by Crippen LogP contribution is -2.60. The van der Waals surface area contributed by atoms with E-state index in [4.69, 9.17) is 0 Å². The fourth-order valence-corrected chi connectivity index (χ4v) is 3.65. The van der Waals surface area contributed by atoms with Gasteiger partial charge >= 0.3 is 0 Å². The minimum atomic E-state index is -0.700. The SMILES string of the molecule is CNC(=O)C1CN(C(=O)c2cccc(N3CCCC3=O)c2)CCN1C(C)=O. The molecule has 1 aromatic carbocycles. The minimum absolute atomic E-state index is 0.0642. The van der Waals surface area contributed by atoms with Crippen molar-refractivity contribution in [3.8, 4) is 0 Å². The predicted octanol–water partition coefficient (Wildman–Crippen LogP) is 0.232. The second kappa shape index (κ2) is 7.77. The molecule has 0 bridgehead atoms. The summed E-state index contributed by atoms with van der Waals surface area (Å²) < 4.78 is 0. The van der Waals surface area contributed by atoms with E-state index in [2.05, 4.69) is 5.32 Å². The highest BCUT2D eigenvalue weighted by Crippen LogP contribution is 2.23. The van der Waals surface area contributed by atoms with E-state index in [0.29, 0.717) is 37.3 Å². The molecule has 8 nitrogen and oxygen atoms in total. The molecule has 2 saturated heterocycles. The molecule has 0 spiro atoms. The van der Waals surface area contributed by atoms with Crippen LogP contribution in [-0.2, 0) is 14.4 Å². The molecule has 8 heteroatoms. The Morgan fingerprint density at radius 3 is 2.56 bits per heavy atom. The van der Waals surface area contributed by atoms with Gasteiger partial charge in [-0.05, 0) is 24.6 Å². The molecular formula is C19H24N4O4. The topological polar surface area (TPSA) is 90.0 Å². The van der Waals surface area contributed by atoms with Crippen molar-refractivity contribution in [3.63, 3.8) is 0 Å². The maximum Gasteiger partial charge on any atom is 0.254 e. The van der Waals surface area contributed by atoms with Gasteiger partial charge in [-0.2, -0.15) is 0 Å². The molecule has 144 valence electrons. The maximum absolute atomic E-state index is 13.0. The van der Waals surface area contributed by atoms with E-state index in [-0.39, 0.29) is 30.2 Å². The lowest BCUT2D eigenvalue weighted by atomic mass is 10.1. The molecule has 2 aliphatic rings. The summed E-state index contributed by atoms with van der Waals surface area (Å²) in [5.74, 6) is -0.626. The Morgan fingerprint density at radius 1 is 1.15 bits per heavy atom. The lowest BCUT2D eigenvalue weighted by molar-refractivity contribution is -0.141. The molecule has 0 aromatic heterocycles. The zero-order chi connectivity index (χ0) is 19.6. The second-order valence-electron chi connectivity index (χ2n) is 6.79. The molecule has 1 atom stereocenters. The van der Waals surface area contributed by atoms with Crippen LogP contribution in [0.4, 0.5) is 5.69 Å². The Morgan fingerprint density at radius 2 is 1.93 bits per heavy atom. The number of rotatable bonds is 3. The number of anilines is 1. The van der Waals surface area contributed by atoms with Gasteiger partial charge in [0.05, 0.1) is 6.54 Å².